The van der Waals surface area contributed by atoms with Gasteiger partial charge in [-0.15, -0.1) is 0 Å². The van der Waals surface area contributed by atoms with Gasteiger partial charge in [0.25, 0.3) is 0 Å². The van der Waals surface area contributed by atoms with Crippen molar-refractivity contribution in [3.8, 4) is 0 Å². The Morgan fingerprint density at radius 3 is 2.48 bits per heavy atom. The van der Waals surface area contributed by atoms with E-state index >= 15 is 0 Å². The molecule has 0 aliphatic heterocycles. The predicted molar refractivity (Wildman–Crippen MR) is 72.5 cm³/mol. The molecule has 1 aromatic heterocycles. The molecule has 1 heterocycles. The van der Waals surface area contributed by atoms with E-state index in [2.05, 4.69) is 4.98 Å². The maximum Gasteiger partial charge on any atom is 0.417 e. The van der Waals surface area contributed by atoms with Crippen LogP contribution in [-0.4, -0.2) is 11.5 Å². The van der Waals surface area contributed by atoms with Gasteiger partial charge >= 0.3 is 6.18 Å². The lowest BCUT2D eigenvalue weighted by Gasteiger charge is -2.10. The molecule has 1 aromatic carbocycles. The van der Waals surface area contributed by atoms with Crippen molar-refractivity contribution in [3.63, 3.8) is 0 Å². The molecule has 0 spiro atoms. The largest absolute Gasteiger partial charge is 0.417 e. The molecule has 2 nitrogen and oxygen atoms in total. The minimum Gasteiger partial charge on any atom is -0.330 e. The molecular formula is C14H12F4N2S. The lowest BCUT2D eigenvalue weighted by atomic mass is 10.1. The Hall–Kier alpha value is -1.60. The molecule has 0 atom stereocenters. The van der Waals surface area contributed by atoms with E-state index in [1.54, 1.807) is 12.1 Å². The number of hydrogen-bond acceptors (Lipinski definition) is 3. The lowest BCUT2D eigenvalue weighted by Crippen LogP contribution is -2.06. The van der Waals surface area contributed by atoms with Gasteiger partial charge in [-0.1, -0.05) is 17.8 Å². The van der Waals surface area contributed by atoms with Crippen LogP contribution in [0.2, 0.25) is 0 Å². The highest BCUT2D eigenvalue weighted by Gasteiger charge is 2.30. The van der Waals surface area contributed by atoms with Crippen molar-refractivity contribution in [1.82, 2.24) is 4.98 Å². The summed E-state index contributed by atoms with van der Waals surface area (Å²) in [6, 6.07) is 6.79. The van der Waals surface area contributed by atoms with Crippen molar-refractivity contribution < 1.29 is 17.6 Å². The van der Waals surface area contributed by atoms with Crippen molar-refractivity contribution in [1.29, 1.82) is 0 Å². The number of aromatic nitrogens is 1. The number of alkyl halides is 3. The Morgan fingerprint density at radius 2 is 1.90 bits per heavy atom. The van der Waals surface area contributed by atoms with Gasteiger partial charge in [-0.25, -0.2) is 9.37 Å². The third kappa shape index (κ3) is 3.95. The fourth-order valence-electron chi connectivity index (χ4n) is 1.74. The summed E-state index contributed by atoms with van der Waals surface area (Å²) in [5.74, 6) is -0.377. The lowest BCUT2D eigenvalue weighted by molar-refractivity contribution is -0.137. The molecular weight excluding hydrogens is 304 g/mol. The van der Waals surface area contributed by atoms with E-state index in [0.29, 0.717) is 21.9 Å². The van der Waals surface area contributed by atoms with Crippen molar-refractivity contribution in [2.75, 3.05) is 6.54 Å². The molecule has 2 aromatic rings. The quantitative estimate of drug-likeness (QED) is 0.870. The standard InChI is InChI=1S/C14H12F4N2S/c15-11-2-1-3-12(10(11)6-7-19)21-13-5-4-9(8-20-13)14(16,17)18/h1-5,8H,6-7,19H2. The minimum atomic E-state index is -4.42. The van der Waals surface area contributed by atoms with E-state index in [9.17, 15) is 17.6 Å². The molecule has 0 bridgehead atoms. The number of pyridine rings is 1. The Kier molecular flexibility index (Phi) is 4.84. The highest BCUT2D eigenvalue weighted by molar-refractivity contribution is 7.99. The Labute approximate surface area is 123 Å². The summed E-state index contributed by atoms with van der Waals surface area (Å²) in [4.78, 5) is 4.36. The zero-order valence-electron chi connectivity index (χ0n) is 10.8. The van der Waals surface area contributed by atoms with Crippen LogP contribution < -0.4 is 5.73 Å². The molecule has 21 heavy (non-hydrogen) atoms. The second-order valence-electron chi connectivity index (χ2n) is 4.24. The Morgan fingerprint density at radius 1 is 1.14 bits per heavy atom. The van der Waals surface area contributed by atoms with Gasteiger partial charge in [-0.05, 0) is 37.2 Å². The first-order chi connectivity index (χ1) is 9.91. The third-order valence-electron chi connectivity index (χ3n) is 2.75. The van der Waals surface area contributed by atoms with Crippen LogP contribution in [0.4, 0.5) is 17.6 Å². The first-order valence-electron chi connectivity index (χ1n) is 6.10. The maximum atomic E-state index is 13.7. The molecule has 2 N–H and O–H groups in total. The molecule has 112 valence electrons. The molecule has 0 radical (unpaired) electrons. The topological polar surface area (TPSA) is 38.9 Å². The van der Waals surface area contributed by atoms with E-state index in [1.165, 1.54) is 12.1 Å². The van der Waals surface area contributed by atoms with Crippen LogP contribution in [-0.2, 0) is 12.6 Å². The van der Waals surface area contributed by atoms with Gasteiger partial charge in [0.05, 0.1) is 5.56 Å². The van der Waals surface area contributed by atoms with Crippen LogP contribution in [0.3, 0.4) is 0 Å². The molecule has 0 aliphatic carbocycles. The van der Waals surface area contributed by atoms with E-state index in [-0.39, 0.29) is 12.4 Å². The van der Waals surface area contributed by atoms with E-state index in [1.807, 2.05) is 0 Å². The summed E-state index contributed by atoms with van der Waals surface area (Å²) >= 11 is 1.11. The van der Waals surface area contributed by atoms with Gasteiger partial charge in [-0.3, -0.25) is 0 Å². The average Bonchev–Trinajstić information content (AvgIpc) is 2.42. The molecule has 0 fully saturated rings. The summed E-state index contributed by atoms with van der Waals surface area (Å²) in [7, 11) is 0. The second kappa shape index (κ2) is 6.44. The van der Waals surface area contributed by atoms with Gasteiger partial charge in [-0.2, -0.15) is 13.2 Å². The second-order valence-corrected chi connectivity index (χ2v) is 5.30. The molecule has 0 amide bonds. The average molecular weight is 316 g/mol. The molecule has 0 unspecified atom stereocenters. The maximum absolute atomic E-state index is 13.7. The number of rotatable bonds is 4. The van der Waals surface area contributed by atoms with Crippen LogP contribution in [0.5, 0.6) is 0 Å². The SMILES string of the molecule is NCCc1c(F)cccc1Sc1ccc(C(F)(F)F)cn1. The van der Waals surface area contributed by atoms with Crippen molar-refractivity contribution in [2.24, 2.45) is 5.73 Å². The number of nitrogens with two attached hydrogens (primary N) is 1. The Bertz CT molecular complexity index is 611. The highest BCUT2D eigenvalue weighted by atomic mass is 32.2. The monoisotopic (exact) mass is 316 g/mol. The molecule has 0 saturated carbocycles. The molecule has 0 saturated heterocycles. The first-order valence-corrected chi connectivity index (χ1v) is 6.92. The molecule has 7 heteroatoms. The summed E-state index contributed by atoms with van der Waals surface area (Å²) < 4.78 is 51.1. The van der Waals surface area contributed by atoms with Crippen LogP contribution in [0.15, 0.2) is 46.5 Å². The Balaban J connectivity index is 2.24. The van der Waals surface area contributed by atoms with Crippen molar-refractivity contribution >= 4 is 11.8 Å². The number of benzene rings is 1. The fraction of sp³-hybridized carbons (Fsp3) is 0.214. The number of hydrogen-bond donors (Lipinski definition) is 1. The van der Waals surface area contributed by atoms with E-state index in [0.717, 1.165) is 24.0 Å². The van der Waals surface area contributed by atoms with E-state index < -0.39 is 11.7 Å². The van der Waals surface area contributed by atoms with Crippen molar-refractivity contribution in [2.45, 2.75) is 22.5 Å². The van der Waals surface area contributed by atoms with Crippen LogP contribution >= 0.6 is 11.8 Å². The van der Waals surface area contributed by atoms with Gasteiger partial charge in [0.15, 0.2) is 0 Å². The fourth-order valence-corrected chi connectivity index (χ4v) is 2.68. The normalized spacial score (nSPS) is 11.7. The summed E-state index contributed by atoms with van der Waals surface area (Å²) in [6.07, 6.45) is -3.29. The number of nitrogens with zero attached hydrogens (tertiary/aromatic N) is 1. The van der Waals surface area contributed by atoms with Crippen molar-refractivity contribution in [3.05, 3.63) is 53.5 Å². The van der Waals surface area contributed by atoms with Gasteiger partial charge < -0.3 is 5.73 Å². The summed E-state index contributed by atoms with van der Waals surface area (Å²) in [5.41, 5.74) is 5.08. The van der Waals surface area contributed by atoms with E-state index in [4.69, 9.17) is 5.73 Å². The first kappa shape index (κ1) is 15.8. The van der Waals surface area contributed by atoms with Gasteiger partial charge in [0, 0.05) is 16.7 Å². The van der Waals surface area contributed by atoms with Gasteiger partial charge in [0.1, 0.15) is 10.8 Å². The third-order valence-corrected chi connectivity index (χ3v) is 3.80. The molecule has 0 aliphatic rings. The summed E-state index contributed by atoms with van der Waals surface area (Å²) in [6.45, 7) is 0.287. The van der Waals surface area contributed by atoms with Gasteiger partial charge in [0.2, 0.25) is 0 Å². The van der Waals surface area contributed by atoms with Crippen LogP contribution in [0.1, 0.15) is 11.1 Å². The highest BCUT2D eigenvalue weighted by Crippen LogP contribution is 2.33. The smallest absolute Gasteiger partial charge is 0.330 e. The van der Waals surface area contributed by atoms with Crippen LogP contribution in [0, 0.1) is 5.82 Å². The zero-order valence-corrected chi connectivity index (χ0v) is 11.6. The molecule has 2 rings (SSSR count). The number of halogens is 4. The minimum absolute atomic E-state index is 0.287. The zero-order chi connectivity index (χ0) is 15.5. The predicted octanol–water partition coefficient (Wildman–Crippen LogP) is 3.89. The summed E-state index contributed by atoms with van der Waals surface area (Å²) in [5, 5.41) is 0.367. The van der Waals surface area contributed by atoms with Crippen LogP contribution in [0.25, 0.3) is 0 Å².